The number of benzene rings is 2. The summed E-state index contributed by atoms with van der Waals surface area (Å²) in [5.41, 5.74) is 3.34. The van der Waals surface area contributed by atoms with Crippen LogP contribution in [0.3, 0.4) is 0 Å². The fourth-order valence-corrected chi connectivity index (χ4v) is 11.6. The van der Waals surface area contributed by atoms with E-state index in [4.69, 9.17) is 4.74 Å². The fraction of sp³-hybridized carbons (Fsp3) is 0.452. The molecule has 0 aliphatic carbocycles. The number of aromatic nitrogens is 8. The first kappa shape index (κ1) is 40.9. The lowest BCUT2D eigenvalue weighted by Gasteiger charge is -2.45. The number of nitrogens with zero attached hydrogens (tertiary/aromatic N) is 10. The number of carbonyl (C=O) groups is 2. The van der Waals surface area contributed by atoms with Gasteiger partial charge in [0.1, 0.15) is 23.9 Å². The molecule has 21 heteroatoms. The van der Waals surface area contributed by atoms with Gasteiger partial charge in [0.05, 0.1) is 33.9 Å². The summed E-state index contributed by atoms with van der Waals surface area (Å²) in [4.78, 5) is 51.5. The van der Waals surface area contributed by atoms with Crippen LogP contribution in [-0.2, 0) is 26.7 Å². The zero-order valence-electron chi connectivity index (χ0n) is 35.1. The maximum absolute atomic E-state index is 15.8. The minimum Gasteiger partial charge on any atom is -0.485 e. The number of halogens is 1. The summed E-state index contributed by atoms with van der Waals surface area (Å²) in [6.07, 6.45) is 9.38. The molecule has 4 fully saturated rings. The lowest BCUT2D eigenvalue weighted by Crippen LogP contribution is -2.54. The SMILES string of the molecule is CC(C)Oc1c(-c2cn[nH]c2)ncn2nc(Nc3ccc(S(=O)(=O)N4CCC5(CCCN5C5CCN(c6ccc7c(c6)n(C)c(=O)n7C6CCC(=O)NC6=O)CC5)C4)cc3F)nc12. The maximum Gasteiger partial charge on any atom is 0.329 e. The number of carbonyl (C=O) groups excluding carboxylic acids is 2. The molecule has 4 aliphatic rings. The third kappa shape index (κ3) is 7.11. The molecular weight excluding hydrogens is 834 g/mol. The number of imide groups is 1. The number of fused-ring (bicyclic) bond motifs is 2. The molecule has 63 heavy (non-hydrogen) atoms. The van der Waals surface area contributed by atoms with E-state index in [1.54, 1.807) is 24.0 Å². The minimum atomic E-state index is -4.01. The van der Waals surface area contributed by atoms with Gasteiger partial charge >= 0.3 is 5.69 Å². The van der Waals surface area contributed by atoms with Gasteiger partial charge in [0.2, 0.25) is 33.4 Å². The maximum atomic E-state index is 15.8. The Morgan fingerprint density at radius 2 is 1.83 bits per heavy atom. The molecule has 2 unspecified atom stereocenters. The van der Waals surface area contributed by atoms with Gasteiger partial charge in [-0.2, -0.15) is 18.9 Å². The van der Waals surface area contributed by atoms with E-state index >= 15 is 4.39 Å². The molecule has 6 aromatic rings. The Morgan fingerprint density at radius 1 is 1.00 bits per heavy atom. The monoisotopic (exact) mass is 881 g/mol. The van der Waals surface area contributed by atoms with Crippen molar-refractivity contribution in [1.29, 1.82) is 0 Å². The van der Waals surface area contributed by atoms with E-state index in [-0.39, 0.29) is 58.7 Å². The predicted molar refractivity (Wildman–Crippen MR) is 230 cm³/mol. The van der Waals surface area contributed by atoms with Gasteiger partial charge in [-0.3, -0.25) is 34.0 Å². The number of likely N-dealkylation sites (tertiary alicyclic amines) is 1. The summed E-state index contributed by atoms with van der Waals surface area (Å²) in [6.45, 7) is 6.90. The first-order chi connectivity index (χ1) is 30.3. The van der Waals surface area contributed by atoms with Crippen molar-refractivity contribution in [2.75, 3.05) is 42.9 Å². The summed E-state index contributed by atoms with van der Waals surface area (Å²) >= 11 is 0. The van der Waals surface area contributed by atoms with Crippen LogP contribution in [0.15, 0.2) is 64.8 Å². The molecule has 0 radical (unpaired) electrons. The summed E-state index contributed by atoms with van der Waals surface area (Å²) in [5.74, 6) is -1.09. The highest BCUT2D eigenvalue weighted by molar-refractivity contribution is 7.89. The summed E-state index contributed by atoms with van der Waals surface area (Å²) in [6, 6.07) is 9.24. The lowest BCUT2D eigenvalue weighted by molar-refractivity contribution is -0.135. The number of rotatable bonds is 10. The number of hydrogen-bond acceptors (Lipinski definition) is 13. The van der Waals surface area contributed by atoms with Gasteiger partial charge in [-0.25, -0.2) is 22.6 Å². The summed E-state index contributed by atoms with van der Waals surface area (Å²) < 4.78 is 56.1. The summed E-state index contributed by atoms with van der Waals surface area (Å²) in [7, 11) is -2.32. The van der Waals surface area contributed by atoms with Crippen molar-refractivity contribution in [2.24, 2.45) is 7.05 Å². The van der Waals surface area contributed by atoms with Crippen LogP contribution >= 0.6 is 0 Å². The van der Waals surface area contributed by atoms with E-state index in [0.717, 1.165) is 57.1 Å². The second kappa shape index (κ2) is 15.6. The van der Waals surface area contributed by atoms with Crippen LogP contribution < -0.4 is 26.0 Å². The second-order valence-electron chi connectivity index (χ2n) is 17.2. The van der Waals surface area contributed by atoms with Crippen LogP contribution in [-0.4, -0.2) is 119 Å². The van der Waals surface area contributed by atoms with Crippen molar-refractivity contribution < 1.29 is 27.1 Å². The molecule has 2 aromatic carbocycles. The molecule has 2 atom stereocenters. The number of piperidine rings is 2. The van der Waals surface area contributed by atoms with Gasteiger partial charge < -0.3 is 15.0 Å². The number of aryl methyl sites for hydroxylation is 1. The van der Waals surface area contributed by atoms with E-state index < -0.39 is 27.8 Å². The van der Waals surface area contributed by atoms with Crippen LogP contribution in [0.5, 0.6) is 5.75 Å². The van der Waals surface area contributed by atoms with Gasteiger partial charge in [-0.1, -0.05) is 0 Å². The number of hydrogen-bond donors (Lipinski definition) is 3. The largest absolute Gasteiger partial charge is 0.485 e. The molecule has 330 valence electrons. The van der Waals surface area contributed by atoms with Crippen molar-refractivity contribution in [3.8, 4) is 17.0 Å². The third-order valence-electron chi connectivity index (χ3n) is 13.1. The first-order valence-electron chi connectivity index (χ1n) is 21.3. The highest BCUT2D eigenvalue weighted by atomic mass is 32.2. The Hall–Kier alpha value is -6.19. The Kier molecular flexibility index (Phi) is 10.1. The molecule has 8 heterocycles. The average molecular weight is 882 g/mol. The molecule has 1 spiro atoms. The first-order valence-corrected chi connectivity index (χ1v) is 22.8. The molecule has 3 N–H and O–H groups in total. The lowest BCUT2D eigenvalue weighted by atomic mass is 9.91. The Bertz CT molecular complexity index is 2940. The molecule has 0 saturated carbocycles. The minimum absolute atomic E-state index is 0.0139. The Labute approximate surface area is 361 Å². The van der Waals surface area contributed by atoms with E-state index in [0.29, 0.717) is 53.2 Å². The quantitative estimate of drug-likeness (QED) is 0.168. The third-order valence-corrected chi connectivity index (χ3v) is 14.9. The Morgan fingerprint density at radius 3 is 2.57 bits per heavy atom. The molecule has 10 rings (SSSR count). The van der Waals surface area contributed by atoms with Crippen LogP contribution in [0.4, 0.5) is 21.7 Å². The fourth-order valence-electron chi connectivity index (χ4n) is 10.1. The number of aromatic amines is 1. The van der Waals surface area contributed by atoms with Crippen LogP contribution in [0.1, 0.15) is 64.8 Å². The van der Waals surface area contributed by atoms with E-state index in [1.165, 1.54) is 31.8 Å². The highest BCUT2D eigenvalue weighted by Crippen LogP contribution is 2.43. The number of sulfonamides is 1. The standard InChI is InChI=1S/C42H48FN13O6S/c1-25(2)62-37-36(26-21-45-46-22-26)44-24-55-38(37)49-40(50-55)47-31-7-6-29(20-30(31)43)63(60,61)53-18-14-42(23-53)13-4-15-54(42)27-11-16-52(17-12-27)28-5-8-32-34(19-28)51(3)41(59)56(32)33-9-10-35(57)48-39(33)58/h5-8,19-22,24-25,27,33H,4,9-18,23H2,1-3H3,(H,45,46)(H,47,50)(H,48,57,58). The van der Waals surface area contributed by atoms with Gasteiger partial charge in [0.25, 0.3) is 0 Å². The van der Waals surface area contributed by atoms with Crippen molar-refractivity contribution in [3.05, 3.63) is 71.4 Å². The predicted octanol–water partition coefficient (Wildman–Crippen LogP) is 3.71. The molecular formula is C42H48FN13O6S. The van der Waals surface area contributed by atoms with Crippen LogP contribution in [0, 0.1) is 5.82 Å². The number of nitrogens with one attached hydrogen (secondary N) is 3. The number of amides is 2. The molecule has 4 aromatic heterocycles. The van der Waals surface area contributed by atoms with Gasteiger partial charge in [0.15, 0.2) is 5.75 Å². The normalized spacial score (nSPS) is 21.7. The number of anilines is 3. The topological polar surface area (TPSA) is 210 Å². The zero-order valence-corrected chi connectivity index (χ0v) is 35.9. The number of ether oxygens (including phenoxy) is 1. The van der Waals surface area contributed by atoms with E-state index in [1.807, 2.05) is 32.0 Å². The van der Waals surface area contributed by atoms with Crippen molar-refractivity contribution in [1.82, 2.24) is 53.4 Å². The molecule has 4 saturated heterocycles. The van der Waals surface area contributed by atoms with Crippen molar-refractivity contribution in [3.63, 3.8) is 0 Å². The van der Waals surface area contributed by atoms with E-state index in [2.05, 4.69) is 45.7 Å². The smallest absolute Gasteiger partial charge is 0.329 e. The average Bonchev–Trinajstić information content (AvgIpc) is 4.12. The van der Waals surface area contributed by atoms with Crippen LogP contribution in [0.25, 0.3) is 27.9 Å². The van der Waals surface area contributed by atoms with Gasteiger partial charge in [-0.15, -0.1) is 5.10 Å². The van der Waals surface area contributed by atoms with E-state index in [9.17, 15) is 22.8 Å². The van der Waals surface area contributed by atoms with Crippen molar-refractivity contribution >= 4 is 55.8 Å². The zero-order chi connectivity index (χ0) is 43.8. The number of imidazole rings is 1. The molecule has 4 aliphatic heterocycles. The Balaban J connectivity index is 0.806. The van der Waals surface area contributed by atoms with Crippen molar-refractivity contribution in [2.45, 2.75) is 87.4 Å². The highest BCUT2D eigenvalue weighted by Gasteiger charge is 2.51. The molecule has 0 bridgehead atoms. The summed E-state index contributed by atoms with van der Waals surface area (Å²) in [5, 5.41) is 16.4. The second-order valence-corrected chi connectivity index (χ2v) is 19.2. The van der Waals surface area contributed by atoms with Gasteiger partial charge in [-0.05, 0) is 95.3 Å². The van der Waals surface area contributed by atoms with Gasteiger partial charge in [0, 0.05) is 68.7 Å². The van der Waals surface area contributed by atoms with Crippen LogP contribution in [0.2, 0.25) is 0 Å². The molecule has 19 nitrogen and oxygen atoms in total. The number of H-pyrrole nitrogens is 1. The molecule has 2 amide bonds.